The summed E-state index contributed by atoms with van der Waals surface area (Å²) in [7, 11) is 0. The Labute approximate surface area is 95.2 Å². The Kier molecular flexibility index (Phi) is 3.29. The number of nitrogens with two attached hydrogens (primary N) is 1. The molecule has 1 aliphatic heterocycles. The van der Waals surface area contributed by atoms with E-state index in [9.17, 15) is 4.79 Å². The molecule has 0 aromatic heterocycles. The SMILES string of the molecule is NC(=O)NCCc1cccc2c1NCCC2. The molecule has 1 heterocycles. The molecule has 0 fully saturated rings. The minimum Gasteiger partial charge on any atom is -0.385 e. The second-order valence-electron chi connectivity index (χ2n) is 4.02. The number of carbonyl (C=O) groups is 1. The number of nitrogens with one attached hydrogen (secondary N) is 2. The largest absolute Gasteiger partial charge is 0.385 e. The van der Waals surface area contributed by atoms with E-state index in [0.717, 1.165) is 19.4 Å². The summed E-state index contributed by atoms with van der Waals surface area (Å²) in [5.74, 6) is 0. The zero-order chi connectivity index (χ0) is 11.4. The quantitative estimate of drug-likeness (QED) is 0.716. The zero-order valence-electron chi connectivity index (χ0n) is 9.25. The first-order chi connectivity index (χ1) is 7.77. The summed E-state index contributed by atoms with van der Waals surface area (Å²) < 4.78 is 0. The molecule has 16 heavy (non-hydrogen) atoms. The molecule has 2 amide bonds. The molecule has 0 aliphatic carbocycles. The first kappa shape index (κ1) is 10.8. The third-order valence-corrected chi connectivity index (χ3v) is 2.86. The predicted molar refractivity (Wildman–Crippen MR) is 64.5 cm³/mol. The fourth-order valence-corrected chi connectivity index (χ4v) is 2.11. The maximum absolute atomic E-state index is 10.6. The van der Waals surface area contributed by atoms with Crippen LogP contribution in [0.1, 0.15) is 17.5 Å². The van der Waals surface area contributed by atoms with Crippen molar-refractivity contribution >= 4 is 11.7 Å². The van der Waals surface area contributed by atoms with Gasteiger partial charge in [0.1, 0.15) is 0 Å². The molecule has 0 radical (unpaired) electrons. The number of hydrogen-bond donors (Lipinski definition) is 3. The fraction of sp³-hybridized carbons (Fsp3) is 0.417. The van der Waals surface area contributed by atoms with E-state index in [2.05, 4.69) is 28.8 Å². The summed E-state index contributed by atoms with van der Waals surface area (Å²) in [4.78, 5) is 10.6. The second-order valence-corrected chi connectivity index (χ2v) is 4.02. The minimum atomic E-state index is -0.460. The molecule has 4 nitrogen and oxygen atoms in total. The number of amides is 2. The molecule has 1 aromatic carbocycles. The Morgan fingerprint density at radius 1 is 1.50 bits per heavy atom. The molecular formula is C12H17N3O. The number of aryl methyl sites for hydroxylation is 1. The Balaban J connectivity index is 2.05. The van der Waals surface area contributed by atoms with E-state index < -0.39 is 6.03 Å². The Morgan fingerprint density at radius 3 is 3.19 bits per heavy atom. The van der Waals surface area contributed by atoms with Crippen LogP contribution in [0.25, 0.3) is 0 Å². The highest BCUT2D eigenvalue weighted by molar-refractivity contribution is 5.71. The van der Waals surface area contributed by atoms with Crippen molar-refractivity contribution in [2.45, 2.75) is 19.3 Å². The van der Waals surface area contributed by atoms with Gasteiger partial charge in [-0.15, -0.1) is 0 Å². The van der Waals surface area contributed by atoms with Gasteiger partial charge in [0.15, 0.2) is 0 Å². The van der Waals surface area contributed by atoms with E-state index in [1.807, 2.05) is 0 Å². The number of para-hydroxylation sites is 1. The molecular weight excluding hydrogens is 202 g/mol. The zero-order valence-corrected chi connectivity index (χ0v) is 9.25. The van der Waals surface area contributed by atoms with Crippen molar-refractivity contribution in [3.05, 3.63) is 29.3 Å². The van der Waals surface area contributed by atoms with Gasteiger partial charge >= 0.3 is 6.03 Å². The lowest BCUT2D eigenvalue weighted by Crippen LogP contribution is -2.31. The van der Waals surface area contributed by atoms with E-state index in [0.29, 0.717) is 6.54 Å². The maximum Gasteiger partial charge on any atom is 0.312 e. The van der Waals surface area contributed by atoms with Gasteiger partial charge in [0.05, 0.1) is 0 Å². The Hall–Kier alpha value is -1.71. The summed E-state index contributed by atoms with van der Waals surface area (Å²) in [5.41, 5.74) is 8.91. The van der Waals surface area contributed by atoms with Crippen LogP contribution in [-0.4, -0.2) is 19.1 Å². The van der Waals surface area contributed by atoms with Crippen molar-refractivity contribution in [1.29, 1.82) is 0 Å². The Morgan fingerprint density at radius 2 is 2.38 bits per heavy atom. The monoisotopic (exact) mass is 219 g/mol. The average Bonchev–Trinajstić information content (AvgIpc) is 2.29. The van der Waals surface area contributed by atoms with Crippen molar-refractivity contribution in [3.63, 3.8) is 0 Å². The molecule has 0 saturated heterocycles. The minimum absolute atomic E-state index is 0.460. The maximum atomic E-state index is 10.6. The second kappa shape index (κ2) is 4.88. The standard InChI is InChI=1S/C12H17N3O/c13-12(16)15-8-6-10-4-1-3-9-5-2-7-14-11(9)10/h1,3-4,14H,2,5-8H2,(H3,13,15,16). The van der Waals surface area contributed by atoms with Crippen molar-refractivity contribution in [1.82, 2.24) is 5.32 Å². The van der Waals surface area contributed by atoms with Crippen molar-refractivity contribution in [2.75, 3.05) is 18.4 Å². The van der Waals surface area contributed by atoms with Gasteiger partial charge in [-0.2, -0.15) is 0 Å². The Bertz CT molecular complexity index is 390. The first-order valence-corrected chi connectivity index (χ1v) is 5.65. The van der Waals surface area contributed by atoms with Crippen LogP contribution in [0, 0.1) is 0 Å². The molecule has 0 bridgehead atoms. The van der Waals surface area contributed by atoms with Crippen LogP contribution >= 0.6 is 0 Å². The topological polar surface area (TPSA) is 67.2 Å². The lowest BCUT2D eigenvalue weighted by atomic mass is 9.98. The summed E-state index contributed by atoms with van der Waals surface area (Å²) in [6.45, 7) is 1.63. The van der Waals surface area contributed by atoms with Crippen molar-refractivity contribution < 1.29 is 4.79 Å². The summed E-state index contributed by atoms with van der Waals surface area (Å²) in [5, 5.41) is 6.04. The molecule has 2 rings (SSSR count). The van der Waals surface area contributed by atoms with E-state index in [4.69, 9.17) is 5.73 Å². The third kappa shape index (κ3) is 2.45. The van der Waals surface area contributed by atoms with Gasteiger partial charge in [-0.25, -0.2) is 4.79 Å². The van der Waals surface area contributed by atoms with Gasteiger partial charge < -0.3 is 16.4 Å². The highest BCUT2D eigenvalue weighted by Crippen LogP contribution is 2.26. The normalized spacial score (nSPS) is 13.8. The van der Waals surface area contributed by atoms with Crippen LogP contribution < -0.4 is 16.4 Å². The average molecular weight is 219 g/mol. The molecule has 0 spiro atoms. The summed E-state index contributed by atoms with van der Waals surface area (Å²) in [6.07, 6.45) is 3.15. The highest BCUT2D eigenvalue weighted by Gasteiger charge is 2.11. The first-order valence-electron chi connectivity index (χ1n) is 5.65. The smallest absolute Gasteiger partial charge is 0.312 e. The lowest BCUT2D eigenvalue weighted by Gasteiger charge is -2.21. The number of urea groups is 1. The molecule has 1 aliphatic rings. The van der Waals surface area contributed by atoms with E-state index in [-0.39, 0.29) is 0 Å². The van der Waals surface area contributed by atoms with Crippen LogP contribution in [0.2, 0.25) is 0 Å². The van der Waals surface area contributed by atoms with Crippen LogP contribution in [0.15, 0.2) is 18.2 Å². The number of rotatable bonds is 3. The van der Waals surface area contributed by atoms with E-state index in [1.165, 1.54) is 23.2 Å². The number of anilines is 1. The molecule has 4 N–H and O–H groups in total. The number of hydrogen-bond acceptors (Lipinski definition) is 2. The number of carbonyl (C=O) groups excluding carboxylic acids is 1. The molecule has 1 aromatic rings. The van der Waals surface area contributed by atoms with Gasteiger partial charge in [-0.1, -0.05) is 18.2 Å². The molecule has 0 unspecified atom stereocenters. The van der Waals surface area contributed by atoms with Crippen molar-refractivity contribution in [2.24, 2.45) is 5.73 Å². The van der Waals surface area contributed by atoms with Crippen LogP contribution in [-0.2, 0) is 12.8 Å². The summed E-state index contributed by atoms with van der Waals surface area (Å²) >= 11 is 0. The van der Waals surface area contributed by atoms with E-state index in [1.54, 1.807) is 0 Å². The number of benzene rings is 1. The summed E-state index contributed by atoms with van der Waals surface area (Å²) in [6, 6.07) is 5.87. The lowest BCUT2D eigenvalue weighted by molar-refractivity contribution is 0.249. The molecule has 0 saturated carbocycles. The van der Waals surface area contributed by atoms with Crippen LogP contribution in [0.4, 0.5) is 10.5 Å². The van der Waals surface area contributed by atoms with Gasteiger partial charge in [-0.3, -0.25) is 0 Å². The van der Waals surface area contributed by atoms with E-state index >= 15 is 0 Å². The predicted octanol–water partition coefficient (Wildman–Crippen LogP) is 1.26. The van der Waals surface area contributed by atoms with Gasteiger partial charge in [0, 0.05) is 18.8 Å². The van der Waals surface area contributed by atoms with Crippen LogP contribution in [0.3, 0.4) is 0 Å². The van der Waals surface area contributed by atoms with Crippen LogP contribution in [0.5, 0.6) is 0 Å². The molecule has 4 heteroatoms. The van der Waals surface area contributed by atoms with Gasteiger partial charge in [-0.05, 0) is 30.4 Å². The number of fused-ring (bicyclic) bond motifs is 1. The van der Waals surface area contributed by atoms with Crippen molar-refractivity contribution in [3.8, 4) is 0 Å². The molecule has 0 atom stereocenters. The van der Waals surface area contributed by atoms with Gasteiger partial charge in [0.25, 0.3) is 0 Å². The van der Waals surface area contributed by atoms with Gasteiger partial charge in [0.2, 0.25) is 0 Å². The highest BCUT2D eigenvalue weighted by atomic mass is 16.2. The molecule has 86 valence electrons. The third-order valence-electron chi connectivity index (χ3n) is 2.86. The fourth-order valence-electron chi connectivity index (χ4n) is 2.11. The number of primary amides is 1.